The number of likely N-dealkylation sites (tertiary alicyclic amines) is 1. The van der Waals surface area contributed by atoms with E-state index in [2.05, 4.69) is 25.0 Å². The number of nitrogens with zero attached hydrogens (tertiary/aromatic N) is 5. The van der Waals surface area contributed by atoms with Crippen molar-refractivity contribution in [2.45, 2.75) is 64.3 Å². The third-order valence-electron chi connectivity index (χ3n) is 6.87. The maximum atomic E-state index is 14.2. The number of hydrogen-bond acceptors (Lipinski definition) is 4. The second kappa shape index (κ2) is 8.02. The van der Waals surface area contributed by atoms with E-state index in [9.17, 15) is 9.18 Å². The number of fused-ring (bicyclic) bond motifs is 1. The number of piperidine rings is 1. The Bertz CT molecular complexity index is 1130. The van der Waals surface area contributed by atoms with E-state index in [4.69, 9.17) is 10.1 Å². The van der Waals surface area contributed by atoms with Gasteiger partial charge in [0.2, 0.25) is 5.95 Å². The summed E-state index contributed by atoms with van der Waals surface area (Å²) in [5, 5.41) is 4.78. The van der Waals surface area contributed by atoms with E-state index >= 15 is 0 Å². The molecule has 1 saturated carbocycles. The van der Waals surface area contributed by atoms with Crippen LogP contribution in [0, 0.1) is 18.8 Å². The molecule has 1 amide bonds. The van der Waals surface area contributed by atoms with Crippen molar-refractivity contribution in [3.8, 4) is 0 Å². The Kier molecular flexibility index (Phi) is 5.20. The first kappa shape index (κ1) is 20.1. The monoisotopic (exact) mass is 421 g/mol. The van der Waals surface area contributed by atoms with Crippen LogP contribution in [0.2, 0.25) is 0 Å². The Morgan fingerprint density at radius 2 is 2.10 bits per heavy atom. The summed E-state index contributed by atoms with van der Waals surface area (Å²) in [4.78, 5) is 23.5. The molecule has 0 aromatic carbocycles. The molecule has 7 heteroatoms. The quantitative estimate of drug-likeness (QED) is 0.568. The molecule has 0 N–H and O–H groups in total. The number of hydrogen-bond donors (Lipinski definition) is 0. The molecule has 3 aromatic heterocycles. The maximum absolute atomic E-state index is 14.2. The highest BCUT2D eigenvalue weighted by molar-refractivity contribution is 5.94. The Morgan fingerprint density at radius 1 is 1.23 bits per heavy atom. The highest BCUT2D eigenvalue weighted by Crippen LogP contribution is 2.39. The molecule has 4 heterocycles. The number of carbonyl (C=O) groups is 1. The van der Waals surface area contributed by atoms with Crippen LogP contribution in [-0.2, 0) is 0 Å². The van der Waals surface area contributed by atoms with Gasteiger partial charge >= 0.3 is 0 Å². The van der Waals surface area contributed by atoms with Crippen LogP contribution in [-0.4, -0.2) is 36.9 Å². The van der Waals surface area contributed by atoms with Crippen LogP contribution in [0.4, 0.5) is 4.39 Å². The fourth-order valence-electron chi connectivity index (χ4n) is 5.26. The second-order valence-corrected chi connectivity index (χ2v) is 9.15. The van der Waals surface area contributed by atoms with Gasteiger partial charge in [0, 0.05) is 30.9 Å². The third-order valence-corrected chi connectivity index (χ3v) is 6.87. The van der Waals surface area contributed by atoms with Crippen LogP contribution in [0.15, 0.2) is 30.6 Å². The van der Waals surface area contributed by atoms with Gasteiger partial charge in [-0.15, -0.1) is 0 Å². The van der Waals surface area contributed by atoms with Gasteiger partial charge in [-0.1, -0.05) is 13.3 Å². The highest BCUT2D eigenvalue weighted by Gasteiger charge is 2.32. The molecule has 3 aromatic rings. The maximum Gasteiger partial charge on any atom is 0.259 e. The summed E-state index contributed by atoms with van der Waals surface area (Å²) in [6.45, 7) is 5.00. The summed E-state index contributed by atoms with van der Waals surface area (Å²) in [7, 11) is 0. The van der Waals surface area contributed by atoms with Gasteiger partial charge in [0.05, 0.1) is 23.0 Å². The van der Waals surface area contributed by atoms with Crippen molar-refractivity contribution < 1.29 is 9.18 Å². The van der Waals surface area contributed by atoms with Gasteiger partial charge in [0.25, 0.3) is 5.91 Å². The van der Waals surface area contributed by atoms with E-state index in [1.165, 1.54) is 37.2 Å². The van der Waals surface area contributed by atoms with Crippen molar-refractivity contribution >= 4 is 11.6 Å². The van der Waals surface area contributed by atoms with Gasteiger partial charge in [-0.25, -0.2) is 14.5 Å². The SMILES string of the molecule is Cc1cn2nc([C@@H]3CCCCN3C(=O)c3cccnc3F)cc2nc1C1CC[C@H](C)C1. The summed E-state index contributed by atoms with van der Waals surface area (Å²) >= 11 is 0. The van der Waals surface area contributed by atoms with Crippen molar-refractivity contribution in [3.63, 3.8) is 0 Å². The topological polar surface area (TPSA) is 63.4 Å². The molecular weight excluding hydrogens is 393 g/mol. The largest absolute Gasteiger partial charge is 0.330 e. The molecule has 1 aliphatic carbocycles. The molecule has 0 radical (unpaired) electrons. The van der Waals surface area contributed by atoms with E-state index in [0.29, 0.717) is 12.5 Å². The fraction of sp³-hybridized carbons (Fsp3) is 0.500. The number of pyridine rings is 1. The molecule has 3 atom stereocenters. The molecular formula is C24H28FN5O. The number of rotatable bonds is 3. The Hall–Kier alpha value is -2.83. The van der Waals surface area contributed by atoms with E-state index in [1.54, 1.807) is 11.0 Å². The van der Waals surface area contributed by atoms with Crippen molar-refractivity contribution in [3.05, 3.63) is 59.1 Å². The molecule has 5 rings (SSSR count). The number of aryl methyl sites for hydroxylation is 1. The van der Waals surface area contributed by atoms with Crippen LogP contribution in [0.5, 0.6) is 0 Å². The van der Waals surface area contributed by atoms with Gasteiger partial charge in [0.1, 0.15) is 0 Å². The molecule has 1 unspecified atom stereocenters. The minimum atomic E-state index is -0.723. The van der Waals surface area contributed by atoms with Gasteiger partial charge in [0.15, 0.2) is 5.65 Å². The third kappa shape index (κ3) is 3.70. The van der Waals surface area contributed by atoms with Gasteiger partial charge in [-0.2, -0.15) is 9.49 Å². The standard InChI is InChI=1S/C24H28FN5O/c1-15-8-9-17(12-15)22-16(2)14-30-21(27-22)13-19(28-30)20-7-3-4-11-29(20)24(31)18-6-5-10-26-23(18)25/h5-6,10,13-15,17,20H,3-4,7-9,11-12H2,1-2H3/t15-,17?,20-/m0/s1. The number of halogens is 1. The average Bonchev–Trinajstić information content (AvgIpc) is 3.38. The van der Waals surface area contributed by atoms with Crippen molar-refractivity contribution in [1.29, 1.82) is 0 Å². The summed E-state index contributed by atoms with van der Waals surface area (Å²) in [5.74, 6) is 0.217. The average molecular weight is 422 g/mol. The van der Waals surface area contributed by atoms with E-state index in [-0.39, 0.29) is 17.5 Å². The predicted molar refractivity (Wildman–Crippen MR) is 115 cm³/mol. The molecule has 162 valence electrons. The molecule has 1 aliphatic heterocycles. The fourth-order valence-corrected chi connectivity index (χ4v) is 5.26. The summed E-state index contributed by atoms with van der Waals surface area (Å²) in [6, 6.07) is 4.91. The summed E-state index contributed by atoms with van der Waals surface area (Å²) in [6.07, 6.45) is 9.77. The Balaban J connectivity index is 1.48. The number of amides is 1. The van der Waals surface area contributed by atoms with E-state index in [1.807, 2.05) is 10.6 Å². The first-order chi connectivity index (χ1) is 15.0. The lowest BCUT2D eigenvalue weighted by Gasteiger charge is -2.34. The van der Waals surface area contributed by atoms with Crippen LogP contribution in [0.1, 0.15) is 84.7 Å². The zero-order valence-electron chi connectivity index (χ0n) is 18.1. The lowest BCUT2D eigenvalue weighted by Crippen LogP contribution is -2.39. The van der Waals surface area contributed by atoms with E-state index in [0.717, 1.165) is 42.1 Å². The minimum absolute atomic E-state index is 0.0183. The van der Waals surface area contributed by atoms with Gasteiger partial charge < -0.3 is 4.90 Å². The van der Waals surface area contributed by atoms with Crippen molar-refractivity contribution in [2.75, 3.05) is 6.54 Å². The summed E-state index contributed by atoms with van der Waals surface area (Å²) in [5.41, 5.74) is 4.00. The van der Waals surface area contributed by atoms with Crippen molar-refractivity contribution in [2.24, 2.45) is 5.92 Å². The first-order valence-corrected chi connectivity index (χ1v) is 11.3. The molecule has 1 saturated heterocycles. The van der Waals surface area contributed by atoms with E-state index < -0.39 is 5.95 Å². The molecule has 6 nitrogen and oxygen atoms in total. The molecule has 2 aliphatic rings. The molecule has 0 bridgehead atoms. The number of aromatic nitrogens is 4. The zero-order valence-corrected chi connectivity index (χ0v) is 18.1. The molecule has 31 heavy (non-hydrogen) atoms. The number of carbonyl (C=O) groups excluding carboxylic acids is 1. The second-order valence-electron chi connectivity index (χ2n) is 9.15. The molecule has 0 spiro atoms. The smallest absolute Gasteiger partial charge is 0.259 e. The minimum Gasteiger partial charge on any atom is -0.330 e. The molecule has 2 fully saturated rings. The predicted octanol–water partition coefficient (Wildman–Crippen LogP) is 4.84. The van der Waals surface area contributed by atoms with Gasteiger partial charge in [-0.05, 0) is 62.6 Å². The van der Waals surface area contributed by atoms with Crippen LogP contribution < -0.4 is 0 Å². The van der Waals surface area contributed by atoms with Crippen molar-refractivity contribution in [1.82, 2.24) is 24.5 Å². The first-order valence-electron chi connectivity index (χ1n) is 11.3. The van der Waals surface area contributed by atoms with Crippen LogP contribution in [0.3, 0.4) is 0 Å². The van der Waals surface area contributed by atoms with Gasteiger partial charge in [-0.3, -0.25) is 4.79 Å². The highest BCUT2D eigenvalue weighted by atomic mass is 19.1. The lowest BCUT2D eigenvalue weighted by molar-refractivity contribution is 0.0600. The Labute approximate surface area is 181 Å². The zero-order chi connectivity index (χ0) is 21.5. The normalized spacial score (nSPS) is 24.1. The Morgan fingerprint density at radius 3 is 2.87 bits per heavy atom. The van der Waals surface area contributed by atoms with Crippen LogP contribution in [0.25, 0.3) is 5.65 Å². The lowest BCUT2D eigenvalue weighted by atomic mass is 9.98. The summed E-state index contributed by atoms with van der Waals surface area (Å²) < 4.78 is 16.0. The van der Waals surface area contributed by atoms with Crippen LogP contribution >= 0.6 is 0 Å².